The van der Waals surface area contributed by atoms with Crippen molar-refractivity contribution < 1.29 is 25.8 Å². The van der Waals surface area contributed by atoms with Crippen molar-refractivity contribution >= 4 is 32.9 Å². The first kappa shape index (κ1) is 20.1. The normalized spacial score (nSPS) is 12.3. The van der Waals surface area contributed by atoms with Gasteiger partial charge in [0.2, 0.25) is 0 Å². The first-order chi connectivity index (χ1) is 13.1. The predicted octanol–water partition coefficient (Wildman–Crippen LogP) is 2.95. The van der Waals surface area contributed by atoms with Gasteiger partial charge in [0.25, 0.3) is 5.56 Å². The van der Waals surface area contributed by atoms with Crippen molar-refractivity contribution in [3.63, 3.8) is 0 Å². The molecule has 3 rings (SSSR count). The minimum Gasteiger partial charge on any atom is -0.374 e. The van der Waals surface area contributed by atoms with Crippen LogP contribution < -0.4 is 9.74 Å². The number of benzene rings is 1. The van der Waals surface area contributed by atoms with Gasteiger partial charge >= 0.3 is 15.6 Å². The maximum Gasteiger partial charge on any atom is 0.534 e. The quantitative estimate of drug-likeness (QED) is 0.271. The van der Waals surface area contributed by atoms with Crippen molar-refractivity contribution in [2.45, 2.75) is 10.7 Å². The zero-order chi connectivity index (χ0) is 20.7. The largest absolute Gasteiger partial charge is 0.534 e. The van der Waals surface area contributed by atoms with Crippen molar-refractivity contribution in [2.75, 3.05) is 6.26 Å². The Hall–Kier alpha value is -2.60. The molecule has 2 heterocycles. The predicted molar refractivity (Wildman–Crippen MR) is 97.6 cm³/mol. The van der Waals surface area contributed by atoms with E-state index in [0.717, 1.165) is 22.5 Å². The zero-order valence-corrected chi connectivity index (χ0v) is 16.0. The zero-order valence-electron chi connectivity index (χ0n) is 14.4. The second kappa shape index (κ2) is 7.09. The van der Waals surface area contributed by atoms with Crippen LogP contribution in [0.4, 0.5) is 13.2 Å². The van der Waals surface area contributed by atoms with E-state index in [1.54, 1.807) is 24.5 Å². The molecule has 3 aromatic rings. The monoisotopic (exact) mass is 431 g/mol. The fourth-order valence-corrected chi connectivity index (χ4v) is 3.29. The molecule has 0 radical (unpaired) electrons. The summed E-state index contributed by atoms with van der Waals surface area (Å²) < 4.78 is 67.6. The second-order valence-corrected chi connectivity index (χ2v) is 7.82. The summed E-state index contributed by atoms with van der Waals surface area (Å²) in [6, 6.07) is 7.64. The second-order valence-electron chi connectivity index (χ2n) is 5.51. The highest BCUT2D eigenvalue weighted by atomic mass is 32.2. The van der Waals surface area contributed by atoms with Gasteiger partial charge in [0.1, 0.15) is 0 Å². The number of rotatable bonds is 4. The van der Waals surface area contributed by atoms with Crippen LogP contribution in [0.1, 0.15) is 0 Å². The third-order valence-electron chi connectivity index (χ3n) is 3.78. The highest BCUT2D eigenvalue weighted by Gasteiger charge is 2.49. The lowest BCUT2D eigenvalue weighted by molar-refractivity contribution is -0.0499. The van der Waals surface area contributed by atoms with Crippen molar-refractivity contribution in [3.8, 4) is 16.9 Å². The van der Waals surface area contributed by atoms with Crippen LogP contribution in [0.25, 0.3) is 22.2 Å². The molecule has 1 aromatic carbocycles. The Kier molecular flexibility index (Phi) is 5.10. The third-order valence-corrected chi connectivity index (χ3v) is 5.29. The van der Waals surface area contributed by atoms with Gasteiger partial charge in [-0.15, -0.1) is 0 Å². The first-order valence-corrected chi connectivity index (χ1v) is 10.2. The SMILES string of the molecule is CSc1ncc2c(OS(=O)(=O)C(F)(F)F)c(-c3ccccc3)c(=O)n(C)c2n1. The minimum atomic E-state index is -6.03. The summed E-state index contributed by atoms with van der Waals surface area (Å²) in [6.45, 7) is 0. The minimum absolute atomic E-state index is 0.0589. The van der Waals surface area contributed by atoms with Gasteiger partial charge in [-0.1, -0.05) is 42.1 Å². The van der Waals surface area contributed by atoms with Crippen LogP contribution >= 0.6 is 11.8 Å². The molecular formula is C16H12F3N3O4S2. The molecule has 148 valence electrons. The molecule has 0 aliphatic carbocycles. The smallest absolute Gasteiger partial charge is 0.374 e. The van der Waals surface area contributed by atoms with E-state index >= 15 is 0 Å². The topological polar surface area (TPSA) is 91.1 Å². The van der Waals surface area contributed by atoms with Crippen molar-refractivity contribution in [2.24, 2.45) is 7.05 Å². The summed E-state index contributed by atoms with van der Waals surface area (Å²) in [4.78, 5) is 20.9. The molecule has 0 spiro atoms. The first-order valence-electron chi connectivity index (χ1n) is 7.56. The molecule has 0 aliphatic rings. The number of thioether (sulfide) groups is 1. The third kappa shape index (κ3) is 3.44. The van der Waals surface area contributed by atoms with E-state index < -0.39 is 26.9 Å². The summed E-state index contributed by atoms with van der Waals surface area (Å²) in [6.07, 6.45) is 2.80. The Bertz CT molecular complexity index is 1210. The number of alkyl halides is 3. The van der Waals surface area contributed by atoms with Crippen LogP contribution in [0.3, 0.4) is 0 Å². The number of hydrogen-bond acceptors (Lipinski definition) is 7. The van der Waals surface area contributed by atoms with E-state index in [9.17, 15) is 26.4 Å². The molecule has 0 unspecified atom stereocenters. The van der Waals surface area contributed by atoms with Crippen molar-refractivity contribution in [1.82, 2.24) is 14.5 Å². The Morgan fingerprint density at radius 2 is 1.82 bits per heavy atom. The molecule has 0 atom stereocenters. The van der Waals surface area contributed by atoms with E-state index in [0.29, 0.717) is 0 Å². The van der Waals surface area contributed by atoms with Crippen LogP contribution in [0.2, 0.25) is 0 Å². The van der Waals surface area contributed by atoms with Gasteiger partial charge in [-0.3, -0.25) is 9.36 Å². The van der Waals surface area contributed by atoms with E-state index in [1.807, 2.05) is 0 Å². The van der Waals surface area contributed by atoms with Crippen LogP contribution in [-0.2, 0) is 17.2 Å². The molecule has 0 saturated heterocycles. The molecule has 28 heavy (non-hydrogen) atoms. The van der Waals surface area contributed by atoms with Crippen molar-refractivity contribution in [3.05, 3.63) is 46.9 Å². The summed E-state index contributed by atoms with van der Waals surface area (Å²) in [5.74, 6) is -0.769. The van der Waals surface area contributed by atoms with Gasteiger partial charge in [0.15, 0.2) is 16.6 Å². The highest BCUT2D eigenvalue weighted by Crippen LogP contribution is 2.37. The molecule has 0 fully saturated rings. The molecule has 2 aromatic heterocycles. The summed E-state index contributed by atoms with van der Waals surface area (Å²) in [7, 11) is -4.66. The lowest BCUT2D eigenvalue weighted by atomic mass is 10.0. The molecule has 0 N–H and O–H groups in total. The molecule has 0 aliphatic heterocycles. The van der Waals surface area contributed by atoms with Gasteiger partial charge < -0.3 is 4.18 Å². The lowest BCUT2D eigenvalue weighted by Crippen LogP contribution is -2.30. The maximum absolute atomic E-state index is 12.9. The number of halogens is 3. The summed E-state index contributed by atoms with van der Waals surface area (Å²) in [5.41, 5.74) is -6.66. The van der Waals surface area contributed by atoms with Crippen LogP contribution in [0.5, 0.6) is 5.75 Å². The average molecular weight is 431 g/mol. The van der Waals surface area contributed by atoms with Crippen molar-refractivity contribution in [1.29, 1.82) is 0 Å². The van der Waals surface area contributed by atoms with E-state index in [2.05, 4.69) is 14.2 Å². The molecular weight excluding hydrogens is 419 g/mol. The number of aryl methyl sites for hydroxylation is 1. The fourth-order valence-electron chi connectivity index (χ4n) is 2.47. The summed E-state index contributed by atoms with van der Waals surface area (Å²) in [5, 5.41) is 0.103. The van der Waals surface area contributed by atoms with Crippen LogP contribution in [0, 0.1) is 0 Å². The van der Waals surface area contributed by atoms with Gasteiger partial charge in [0, 0.05) is 13.2 Å². The average Bonchev–Trinajstić information content (AvgIpc) is 2.65. The van der Waals surface area contributed by atoms with Crippen LogP contribution in [0.15, 0.2) is 46.5 Å². The molecule has 0 bridgehead atoms. The summed E-state index contributed by atoms with van der Waals surface area (Å²) >= 11 is 1.15. The molecule has 12 heteroatoms. The Morgan fingerprint density at radius 3 is 2.39 bits per heavy atom. The lowest BCUT2D eigenvalue weighted by Gasteiger charge is -2.16. The highest BCUT2D eigenvalue weighted by molar-refractivity contribution is 7.98. The number of hydrogen-bond donors (Lipinski definition) is 0. The Balaban J connectivity index is 2.44. The molecule has 7 nitrogen and oxygen atoms in total. The van der Waals surface area contributed by atoms with E-state index in [4.69, 9.17) is 0 Å². The number of nitrogens with zero attached hydrogens (tertiary/aromatic N) is 3. The van der Waals surface area contributed by atoms with E-state index in [1.165, 1.54) is 19.2 Å². The van der Waals surface area contributed by atoms with Gasteiger partial charge in [-0.2, -0.15) is 21.6 Å². The maximum atomic E-state index is 12.9. The number of fused-ring (bicyclic) bond motifs is 1. The molecule has 0 amide bonds. The molecule has 0 saturated carbocycles. The number of aromatic nitrogens is 3. The number of pyridine rings is 1. The van der Waals surface area contributed by atoms with Gasteiger partial charge in [-0.05, 0) is 11.8 Å². The Labute approximate surface area is 161 Å². The Morgan fingerprint density at radius 1 is 1.18 bits per heavy atom. The van der Waals surface area contributed by atoms with Gasteiger partial charge in [0.05, 0.1) is 10.9 Å². The van der Waals surface area contributed by atoms with Gasteiger partial charge in [-0.25, -0.2) is 9.97 Å². The van der Waals surface area contributed by atoms with Crippen LogP contribution in [-0.4, -0.2) is 34.7 Å². The standard InChI is InChI=1S/C16H12F3N3O4S2/c1-22-13-10(8-20-15(21-13)27-2)12(26-28(24,25)16(17,18)19)11(14(22)23)9-6-4-3-5-7-9/h3-8H,1-2H3. The van der Waals surface area contributed by atoms with E-state index in [-0.39, 0.29) is 27.3 Å². The fraction of sp³-hybridized carbons (Fsp3) is 0.188.